The summed E-state index contributed by atoms with van der Waals surface area (Å²) in [5.41, 5.74) is 3.95. The van der Waals surface area contributed by atoms with Gasteiger partial charge >= 0.3 is 0 Å². The van der Waals surface area contributed by atoms with Gasteiger partial charge in [-0.05, 0) is 82.7 Å². The van der Waals surface area contributed by atoms with Crippen molar-refractivity contribution in [2.45, 2.75) is 70.4 Å². The molecule has 122 valence electrons. The van der Waals surface area contributed by atoms with E-state index in [4.69, 9.17) is 0 Å². The summed E-state index contributed by atoms with van der Waals surface area (Å²) in [6, 6.07) is 0. The van der Waals surface area contributed by atoms with Crippen molar-refractivity contribution in [3.05, 3.63) is 23.3 Å². The van der Waals surface area contributed by atoms with Crippen molar-refractivity contribution in [2.24, 2.45) is 17.3 Å². The first-order chi connectivity index (χ1) is 10.4. The lowest BCUT2D eigenvalue weighted by Gasteiger charge is -2.59. The van der Waals surface area contributed by atoms with Crippen LogP contribution in [0.3, 0.4) is 0 Å². The highest BCUT2D eigenvalue weighted by Crippen LogP contribution is 2.59. The van der Waals surface area contributed by atoms with Crippen LogP contribution in [0.25, 0.3) is 0 Å². The third kappa shape index (κ3) is 1.93. The molecule has 3 fully saturated rings. The van der Waals surface area contributed by atoms with Gasteiger partial charge < -0.3 is 10.0 Å². The zero-order chi connectivity index (χ0) is 15.5. The number of hydrogen-bond donors (Lipinski definition) is 1. The van der Waals surface area contributed by atoms with Crippen LogP contribution in [0.4, 0.5) is 0 Å². The Balaban J connectivity index is 1.73. The summed E-state index contributed by atoms with van der Waals surface area (Å²) in [5, 5.41) is 10.1. The van der Waals surface area contributed by atoms with Crippen LogP contribution in [-0.4, -0.2) is 35.2 Å². The lowest BCUT2D eigenvalue weighted by Crippen LogP contribution is -2.58. The van der Waals surface area contributed by atoms with E-state index in [0.29, 0.717) is 11.0 Å². The molecule has 22 heavy (non-hydrogen) atoms. The Bertz CT molecular complexity index is 536. The molecule has 1 aliphatic heterocycles. The van der Waals surface area contributed by atoms with Crippen molar-refractivity contribution in [3.63, 3.8) is 0 Å². The monoisotopic (exact) mass is 301 g/mol. The second-order valence-electron chi connectivity index (χ2n) is 8.74. The Morgan fingerprint density at radius 2 is 1.91 bits per heavy atom. The number of piperidine rings is 1. The van der Waals surface area contributed by atoms with Gasteiger partial charge in [-0.1, -0.05) is 30.2 Å². The fourth-order valence-corrected chi connectivity index (χ4v) is 6.09. The van der Waals surface area contributed by atoms with Crippen molar-refractivity contribution < 1.29 is 5.11 Å². The third-order valence-corrected chi connectivity index (χ3v) is 7.79. The number of aliphatic hydroxyl groups is 1. The predicted molar refractivity (Wildman–Crippen MR) is 90.6 cm³/mol. The first-order valence-electron chi connectivity index (χ1n) is 9.25. The van der Waals surface area contributed by atoms with E-state index < -0.39 is 0 Å². The van der Waals surface area contributed by atoms with Crippen LogP contribution in [0.1, 0.15) is 58.8 Å². The van der Waals surface area contributed by atoms with Crippen LogP contribution in [0.5, 0.6) is 0 Å². The largest absolute Gasteiger partial charge is 0.393 e. The molecule has 1 saturated heterocycles. The Hall–Kier alpha value is -0.600. The minimum atomic E-state index is -0.107. The van der Waals surface area contributed by atoms with Crippen LogP contribution in [-0.2, 0) is 0 Å². The molecule has 2 saturated carbocycles. The SMILES string of the molecule is CN1CCC[C@@H]2C3=CC=C4C[C@@H](O)CC[C@@]4(C)[C@H]3CC[C@]21C. The van der Waals surface area contributed by atoms with Gasteiger partial charge in [-0.3, -0.25) is 0 Å². The number of allylic oxidation sites excluding steroid dienone is 2. The molecule has 2 heteroatoms. The van der Waals surface area contributed by atoms with Gasteiger partial charge in [0.05, 0.1) is 6.10 Å². The van der Waals surface area contributed by atoms with Crippen molar-refractivity contribution in [1.82, 2.24) is 4.90 Å². The number of fused-ring (bicyclic) bond motifs is 5. The molecule has 0 spiro atoms. The summed E-state index contributed by atoms with van der Waals surface area (Å²) in [4.78, 5) is 2.63. The van der Waals surface area contributed by atoms with Gasteiger partial charge in [0.25, 0.3) is 0 Å². The Morgan fingerprint density at radius 3 is 2.73 bits per heavy atom. The van der Waals surface area contributed by atoms with Gasteiger partial charge in [0.1, 0.15) is 0 Å². The summed E-state index contributed by atoms with van der Waals surface area (Å²) in [6.07, 6.45) is 13.2. The van der Waals surface area contributed by atoms with Crippen LogP contribution < -0.4 is 0 Å². The zero-order valence-corrected chi connectivity index (χ0v) is 14.4. The van der Waals surface area contributed by atoms with Crippen molar-refractivity contribution in [1.29, 1.82) is 0 Å². The smallest absolute Gasteiger partial charge is 0.0578 e. The van der Waals surface area contributed by atoms with Crippen LogP contribution >= 0.6 is 0 Å². The quantitative estimate of drug-likeness (QED) is 0.733. The molecule has 0 aromatic carbocycles. The average molecular weight is 301 g/mol. The van der Waals surface area contributed by atoms with Gasteiger partial charge in [-0.2, -0.15) is 0 Å². The number of aliphatic hydroxyl groups excluding tert-OH is 1. The molecule has 0 bridgehead atoms. The van der Waals surface area contributed by atoms with Crippen LogP contribution in [0.2, 0.25) is 0 Å². The molecule has 4 rings (SSSR count). The van der Waals surface area contributed by atoms with E-state index in [2.05, 4.69) is 37.9 Å². The molecular formula is C20H31NO. The van der Waals surface area contributed by atoms with E-state index in [0.717, 1.165) is 24.7 Å². The molecule has 4 aliphatic rings. The van der Waals surface area contributed by atoms with Crippen molar-refractivity contribution in [2.75, 3.05) is 13.6 Å². The minimum absolute atomic E-state index is 0.107. The van der Waals surface area contributed by atoms with Crippen molar-refractivity contribution >= 4 is 0 Å². The number of hydrogen-bond acceptors (Lipinski definition) is 2. The molecule has 0 aromatic rings. The molecule has 1 heterocycles. The number of nitrogens with zero attached hydrogens (tertiary/aromatic N) is 1. The molecule has 5 atom stereocenters. The minimum Gasteiger partial charge on any atom is -0.393 e. The standard InChI is InChI=1S/C20H31NO/c1-19-10-8-15(22)13-14(19)6-7-16-17(19)9-11-20(2)18(16)5-4-12-21(20)3/h6-7,15,17-18,22H,4-5,8-13H2,1-3H3/t15-,17-,18+,19+,20+/m0/s1. The maximum absolute atomic E-state index is 10.1. The second-order valence-corrected chi connectivity index (χ2v) is 8.74. The highest BCUT2D eigenvalue weighted by atomic mass is 16.3. The van der Waals surface area contributed by atoms with E-state index in [-0.39, 0.29) is 6.10 Å². The fourth-order valence-electron chi connectivity index (χ4n) is 6.09. The van der Waals surface area contributed by atoms with Crippen molar-refractivity contribution in [3.8, 4) is 0 Å². The first kappa shape index (κ1) is 15.0. The summed E-state index contributed by atoms with van der Waals surface area (Å²) in [6.45, 7) is 6.24. The highest BCUT2D eigenvalue weighted by Gasteiger charge is 2.53. The maximum Gasteiger partial charge on any atom is 0.0578 e. The summed E-state index contributed by atoms with van der Waals surface area (Å²) >= 11 is 0. The Kier molecular flexibility index (Phi) is 3.36. The van der Waals surface area contributed by atoms with E-state index in [9.17, 15) is 5.11 Å². The number of likely N-dealkylation sites (tertiary alicyclic amines) is 1. The van der Waals surface area contributed by atoms with E-state index >= 15 is 0 Å². The Morgan fingerprint density at radius 1 is 1.09 bits per heavy atom. The third-order valence-electron chi connectivity index (χ3n) is 7.79. The second kappa shape index (κ2) is 4.95. The first-order valence-corrected chi connectivity index (χ1v) is 9.25. The van der Waals surface area contributed by atoms with Gasteiger partial charge in [-0.25, -0.2) is 0 Å². The summed E-state index contributed by atoms with van der Waals surface area (Å²) in [7, 11) is 2.33. The molecule has 0 amide bonds. The normalized spacial score (nSPS) is 48.6. The van der Waals surface area contributed by atoms with E-state index in [1.807, 2.05) is 0 Å². The fraction of sp³-hybridized carbons (Fsp3) is 0.800. The molecule has 3 aliphatic carbocycles. The van der Waals surface area contributed by atoms with Gasteiger partial charge in [0.2, 0.25) is 0 Å². The molecular weight excluding hydrogens is 270 g/mol. The molecule has 2 nitrogen and oxygen atoms in total. The average Bonchev–Trinajstić information content (AvgIpc) is 2.49. The van der Waals surface area contributed by atoms with Gasteiger partial charge in [0, 0.05) is 5.54 Å². The maximum atomic E-state index is 10.1. The predicted octanol–water partition coefficient (Wildman–Crippen LogP) is 3.91. The zero-order valence-electron chi connectivity index (χ0n) is 14.4. The molecule has 0 unspecified atom stereocenters. The van der Waals surface area contributed by atoms with E-state index in [1.165, 1.54) is 44.2 Å². The van der Waals surface area contributed by atoms with Crippen LogP contribution in [0, 0.1) is 17.3 Å². The molecule has 0 aromatic heterocycles. The van der Waals surface area contributed by atoms with Crippen LogP contribution in [0.15, 0.2) is 23.3 Å². The highest BCUT2D eigenvalue weighted by molar-refractivity contribution is 5.39. The van der Waals surface area contributed by atoms with Gasteiger partial charge in [-0.15, -0.1) is 0 Å². The number of rotatable bonds is 0. The molecule has 0 radical (unpaired) electrons. The lowest BCUT2D eigenvalue weighted by atomic mass is 9.51. The van der Waals surface area contributed by atoms with E-state index in [1.54, 1.807) is 5.57 Å². The Labute approximate surface area is 135 Å². The molecule has 1 N–H and O–H groups in total. The van der Waals surface area contributed by atoms with Gasteiger partial charge in [0.15, 0.2) is 0 Å². The lowest BCUT2D eigenvalue weighted by molar-refractivity contribution is -0.00981. The summed E-state index contributed by atoms with van der Waals surface area (Å²) in [5.74, 6) is 1.47. The summed E-state index contributed by atoms with van der Waals surface area (Å²) < 4.78 is 0. The topological polar surface area (TPSA) is 23.5 Å².